The zero-order chi connectivity index (χ0) is 8.27. The molecule has 0 radical (unpaired) electrons. The van der Waals surface area contributed by atoms with Crippen molar-refractivity contribution in [2.45, 2.75) is 18.4 Å². The topological polar surface area (TPSA) is 51.8 Å². The molecule has 0 aliphatic heterocycles. The summed E-state index contributed by atoms with van der Waals surface area (Å²) in [6.07, 6.45) is 4.38. The van der Waals surface area contributed by atoms with Crippen molar-refractivity contribution in [1.82, 2.24) is 9.97 Å². The van der Waals surface area contributed by atoms with Gasteiger partial charge in [-0.15, -0.1) is 11.8 Å². The molecule has 0 saturated heterocycles. The first-order valence-corrected chi connectivity index (χ1v) is 4.65. The molecule has 60 valence electrons. The maximum Gasteiger partial charge on any atom is 0.122 e. The van der Waals surface area contributed by atoms with Gasteiger partial charge in [0.2, 0.25) is 0 Å². The highest BCUT2D eigenvalue weighted by Crippen LogP contribution is 2.21. The van der Waals surface area contributed by atoms with Crippen molar-refractivity contribution in [1.29, 1.82) is 0 Å². The molecule has 0 aliphatic rings. The highest BCUT2D eigenvalue weighted by Gasteiger charge is 2.03. The summed E-state index contributed by atoms with van der Waals surface area (Å²) in [4.78, 5) is 8.09. The third kappa shape index (κ3) is 1.63. The quantitative estimate of drug-likeness (QED) is 0.536. The van der Waals surface area contributed by atoms with Gasteiger partial charge in [-0.25, -0.2) is 9.97 Å². The van der Waals surface area contributed by atoms with E-state index in [4.69, 9.17) is 5.73 Å². The number of nitrogens with zero attached hydrogens (tertiary/aromatic N) is 2. The van der Waals surface area contributed by atoms with Crippen LogP contribution in [0.5, 0.6) is 0 Å². The van der Waals surface area contributed by atoms with Gasteiger partial charge in [-0.2, -0.15) is 0 Å². The Kier molecular flexibility index (Phi) is 2.70. The van der Waals surface area contributed by atoms with Gasteiger partial charge < -0.3 is 5.73 Å². The van der Waals surface area contributed by atoms with Crippen LogP contribution < -0.4 is 5.73 Å². The molecule has 4 heteroatoms. The van der Waals surface area contributed by atoms with E-state index in [1.54, 1.807) is 18.1 Å². The van der Waals surface area contributed by atoms with Crippen molar-refractivity contribution < 1.29 is 0 Å². The summed E-state index contributed by atoms with van der Waals surface area (Å²) in [6, 6.07) is 0. The molecule has 0 unspecified atom stereocenters. The van der Waals surface area contributed by atoms with Gasteiger partial charge in [0.1, 0.15) is 11.4 Å². The third-order valence-electron chi connectivity index (χ3n) is 1.46. The number of aryl methyl sites for hydroxylation is 1. The van der Waals surface area contributed by atoms with Gasteiger partial charge >= 0.3 is 0 Å². The second kappa shape index (κ2) is 3.57. The average Bonchev–Trinajstić information content (AvgIpc) is 2.05. The zero-order valence-electron chi connectivity index (χ0n) is 6.66. The van der Waals surface area contributed by atoms with Crippen molar-refractivity contribution in [2.75, 3.05) is 12.0 Å². The Bertz CT molecular complexity index is 227. The summed E-state index contributed by atoms with van der Waals surface area (Å²) in [5.74, 6) is 0. The fourth-order valence-electron chi connectivity index (χ4n) is 0.858. The van der Waals surface area contributed by atoms with Gasteiger partial charge in [-0.05, 0) is 12.7 Å². The molecule has 1 aromatic heterocycles. The summed E-state index contributed by atoms with van der Waals surface area (Å²) in [6.45, 7) is 2.03. The predicted molar refractivity (Wildman–Crippen MR) is 47.6 cm³/mol. The number of nitrogens with two attached hydrogens (primary N) is 1. The van der Waals surface area contributed by atoms with Crippen LogP contribution in [0.25, 0.3) is 0 Å². The Morgan fingerprint density at radius 1 is 1.55 bits per heavy atom. The van der Waals surface area contributed by atoms with Crippen LogP contribution in [0.2, 0.25) is 0 Å². The first kappa shape index (κ1) is 8.33. The molecule has 0 spiro atoms. The number of hydrogen-bond acceptors (Lipinski definition) is 4. The lowest BCUT2D eigenvalue weighted by Gasteiger charge is -2.03. The van der Waals surface area contributed by atoms with E-state index in [-0.39, 0.29) is 0 Å². The fraction of sp³-hybridized carbons (Fsp3) is 0.429. The van der Waals surface area contributed by atoms with Gasteiger partial charge in [0.05, 0.1) is 11.4 Å². The van der Waals surface area contributed by atoms with Gasteiger partial charge in [-0.1, -0.05) is 6.92 Å². The Morgan fingerprint density at radius 2 is 2.27 bits per heavy atom. The van der Waals surface area contributed by atoms with Crippen molar-refractivity contribution in [3.05, 3.63) is 12.0 Å². The van der Waals surface area contributed by atoms with E-state index < -0.39 is 0 Å². The highest BCUT2D eigenvalue weighted by atomic mass is 32.2. The summed E-state index contributed by atoms with van der Waals surface area (Å²) < 4.78 is 0. The molecular formula is C7H11N3S. The molecule has 0 atom stereocenters. The Labute approximate surface area is 70.4 Å². The van der Waals surface area contributed by atoms with Crippen molar-refractivity contribution >= 4 is 17.4 Å². The maximum atomic E-state index is 5.76. The number of nitrogen functional groups attached to an aromatic ring is 1. The van der Waals surface area contributed by atoms with Crippen LogP contribution in [-0.2, 0) is 6.42 Å². The maximum absolute atomic E-state index is 5.76. The lowest BCUT2D eigenvalue weighted by Crippen LogP contribution is -2.00. The molecule has 11 heavy (non-hydrogen) atoms. The van der Waals surface area contributed by atoms with E-state index in [9.17, 15) is 0 Å². The Morgan fingerprint density at radius 3 is 2.82 bits per heavy atom. The molecule has 0 aromatic carbocycles. The van der Waals surface area contributed by atoms with Crippen LogP contribution in [0.3, 0.4) is 0 Å². The zero-order valence-corrected chi connectivity index (χ0v) is 7.48. The largest absolute Gasteiger partial charge is 0.395 e. The SMILES string of the molecule is CCc1ncnc(SC)c1N. The first-order valence-electron chi connectivity index (χ1n) is 3.43. The minimum absolute atomic E-state index is 0.725. The summed E-state index contributed by atoms with van der Waals surface area (Å²) in [5.41, 5.74) is 7.42. The number of rotatable bonds is 2. The Balaban J connectivity index is 3.10. The number of aromatic nitrogens is 2. The number of hydrogen-bond donors (Lipinski definition) is 1. The standard InChI is InChI=1S/C7H11N3S/c1-3-5-6(8)7(11-2)10-4-9-5/h4H,3,8H2,1-2H3. The van der Waals surface area contributed by atoms with Gasteiger partial charge in [0, 0.05) is 0 Å². The number of thioether (sulfide) groups is 1. The predicted octanol–water partition coefficient (Wildman–Crippen LogP) is 1.34. The molecule has 1 rings (SSSR count). The highest BCUT2D eigenvalue weighted by molar-refractivity contribution is 7.98. The van der Waals surface area contributed by atoms with Crippen LogP contribution in [0.1, 0.15) is 12.6 Å². The van der Waals surface area contributed by atoms with Crippen LogP contribution in [-0.4, -0.2) is 16.2 Å². The number of anilines is 1. The summed E-state index contributed by atoms with van der Waals surface area (Å²) >= 11 is 1.55. The second-order valence-electron chi connectivity index (χ2n) is 2.10. The van der Waals surface area contributed by atoms with Gasteiger partial charge in [0.15, 0.2) is 0 Å². The molecular weight excluding hydrogens is 158 g/mol. The summed E-state index contributed by atoms with van der Waals surface area (Å²) in [5, 5.41) is 0.872. The van der Waals surface area contributed by atoms with Crippen molar-refractivity contribution in [2.24, 2.45) is 0 Å². The molecule has 2 N–H and O–H groups in total. The van der Waals surface area contributed by atoms with Crippen LogP contribution >= 0.6 is 11.8 Å². The smallest absolute Gasteiger partial charge is 0.122 e. The molecule has 1 aromatic rings. The lowest BCUT2D eigenvalue weighted by atomic mass is 10.3. The molecule has 0 fully saturated rings. The van der Waals surface area contributed by atoms with E-state index in [0.717, 1.165) is 22.8 Å². The van der Waals surface area contributed by atoms with E-state index >= 15 is 0 Å². The molecule has 0 saturated carbocycles. The molecule has 0 aliphatic carbocycles. The van der Waals surface area contributed by atoms with Gasteiger partial charge in [-0.3, -0.25) is 0 Å². The van der Waals surface area contributed by atoms with Crippen LogP contribution in [0.15, 0.2) is 11.4 Å². The Hall–Kier alpha value is -0.770. The monoisotopic (exact) mass is 169 g/mol. The fourth-order valence-corrected chi connectivity index (χ4v) is 1.35. The third-order valence-corrected chi connectivity index (χ3v) is 2.17. The van der Waals surface area contributed by atoms with Crippen molar-refractivity contribution in [3.63, 3.8) is 0 Å². The lowest BCUT2D eigenvalue weighted by molar-refractivity contribution is 0.957. The van der Waals surface area contributed by atoms with E-state index in [0.29, 0.717) is 0 Å². The van der Waals surface area contributed by atoms with Gasteiger partial charge in [0.25, 0.3) is 0 Å². The normalized spacial score (nSPS) is 10.0. The molecule has 3 nitrogen and oxygen atoms in total. The second-order valence-corrected chi connectivity index (χ2v) is 2.89. The van der Waals surface area contributed by atoms with E-state index in [1.165, 1.54) is 0 Å². The molecule has 0 amide bonds. The first-order chi connectivity index (χ1) is 5.29. The summed E-state index contributed by atoms with van der Waals surface area (Å²) in [7, 11) is 0. The van der Waals surface area contributed by atoms with Crippen molar-refractivity contribution in [3.8, 4) is 0 Å². The van der Waals surface area contributed by atoms with E-state index in [1.807, 2.05) is 13.2 Å². The molecule has 0 bridgehead atoms. The van der Waals surface area contributed by atoms with Crippen LogP contribution in [0, 0.1) is 0 Å². The minimum Gasteiger partial charge on any atom is -0.395 e. The van der Waals surface area contributed by atoms with E-state index in [2.05, 4.69) is 9.97 Å². The average molecular weight is 169 g/mol. The molecule has 1 heterocycles. The van der Waals surface area contributed by atoms with Crippen LogP contribution in [0.4, 0.5) is 5.69 Å². The minimum atomic E-state index is 0.725.